The van der Waals surface area contributed by atoms with Gasteiger partial charge in [0.05, 0.1) is 12.1 Å². The molecule has 0 saturated carbocycles. The van der Waals surface area contributed by atoms with E-state index in [9.17, 15) is 4.79 Å². The van der Waals surface area contributed by atoms with Gasteiger partial charge in [-0.2, -0.15) is 5.10 Å². The van der Waals surface area contributed by atoms with Crippen LogP contribution in [0.2, 0.25) is 0 Å². The second-order valence-corrected chi connectivity index (χ2v) is 6.33. The zero-order valence-electron chi connectivity index (χ0n) is 14.1. The van der Waals surface area contributed by atoms with Crippen molar-refractivity contribution >= 4 is 11.7 Å². The fourth-order valence-corrected chi connectivity index (χ4v) is 2.40. The van der Waals surface area contributed by atoms with Crippen molar-refractivity contribution in [3.05, 3.63) is 47.2 Å². The van der Waals surface area contributed by atoms with Crippen LogP contribution in [0.1, 0.15) is 56.5 Å². The molecular weight excluding hydrogens is 274 g/mol. The number of aromatic nitrogens is 2. The topological polar surface area (TPSA) is 46.9 Å². The number of rotatable bonds is 5. The molecule has 1 heterocycles. The molecule has 0 aliphatic heterocycles. The number of carbonyl (C=O) groups is 1. The van der Waals surface area contributed by atoms with E-state index in [-0.39, 0.29) is 11.9 Å². The second-order valence-electron chi connectivity index (χ2n) is 6.33. The summed E-state index contributed by atoms with van der Waals surface area (Å²) in [7, 11) is 0. The number of anilines is 1. The largest absolute Gasteiger partial charge is 0.311 e. The van der Waals surface area contributed by atoms with E-state index in [1.54, 1.807) is 0 Å². The highest BCUT2D eigenvalue weighted by Gasteiger charge is 2.12. The number of aryl methyl sites for hydroxylation is 1. The standard InChI is InChI=1S/C18H25N3O/c1-12(2)16-8-6-15(7-9-16)11-18(22)19-17-10-14(5)20-21(17)13(3)4/h6-10,12-13H,11H2,1-5H3,(H,19,22). The Labute approximate surface area is 132 Å². The molecule has 22 heavy (non-hydrogen) atoms. The van der Waals surface area contributed by atoms with Gasteiger partial charge < -0.3 is 5.32 Å². The fraction of sp³-hybridized carbons (Fsp3) is 0.444. The zero-order chi connectivity index (χ0) is 16.3. The lowest BCUT2D eigenvalue weighted by molar-refractivity contribution is -0.115. The molecule has 1 amide bonds. The highest BCUT2D eigenvalue weighted by atomic mass is 16.1. The molecule has 2 rings (SSSR count). The Kier molecular flexibility index (Phi) is 5.01. The molecule has 0 spiro atoms. The normalized spacial score (nSPS) is 11.2. The van der Waals surface area contributed by atoms with Crippen LogP contribution in [0, 0.1) is 6.92 Å². The van der Waals surface area contributed by atoms with Crippen LogP contribution in [-0.2, 0) is 11.2 Å². The molecule has 0 fully saturated rings. The Morgan fingerprint density at radius 1 is 1.18 bits per heavy atom. The highest BCUT2D eigenvalue weighted by molar-refractivity contribution is 5.91. The van der Waals surface area contributed by atoms with Crippen LogP contribution in [0.5, 0.6) is 0 Å². The van der Waals surface area contributed by atoms with Gasteiger partial charge in [-0.1, -0.05) is 38.1 Å². The van der Waals surface area contributed by atoms with Gasteiger partial charge in [-0.15, -0.1) is 0 Å². The minimum absolute atomic E-state index is 0.0147. The van der Waals surface area contributed by atoms with E-state index in [0.29, 0.717) is 12.3 Å². The summed E-state index contributed by atoms with van der Waals surface area (Å²) >= 11 is 0. The molecule has 0 saturated heterocycles. The first-order valence-electron chi connectivity index (χ1n) is 7.81. The number of carbonyl (C=O) groups excluding carboxylic acids is 1. The molecule has 0 unspecified atom stereocenters. The number of nitrogens with zero attached hydrogens (tertiary/aromatic N) is 2. The molecule has 0 aliphatic carbocycles. The molecule has 0 atom stereocenters. The van der Waals surface area contributed by atoms with Gasteiger partial charge in [-0.05, 0) is 37.8 Å². The Hall–Kier alpha value is -2.10. The minimum Gasteiger partial charge on any atom is -0.311 e. The Morgan fingerprint density at radius 3 is 2.36 bits per heavy atom. The van der Waals surface area contributed by atoms with Gasteiger partial charge in [0.2, 0.25) is 5.91 Å². The predicted octanol–water partition coefficient (Wildman–Crippen LogP) is 4.08. The maximum absolute atomic E-state index is 12.2. The summed E-state index contributed by atoms with van der Waals surface area (Å²) in [5.41, 5.74) is 3.22. The Morgan fingerprint density at radius 2 is 1.82 bits per heavy atom. The van der Waals surface area contributed by atoms with E-state index in [2.05, 4.69) is 36.4 Å². The fourth-order valence-electron chi connectivity index (χ4n) is 2.40. The lowest BCUT2D eigenvalue weighted by Crippen LogP contribution is -2.18. The molecule has 2 aromatic rings. The highest BCUT2D eigenvalue weighted by Crippen LogP contribution is 2.17. The van der Waals surface area contributed by atoms with Gasteiger partial charge in [0.15, 0.2) is 0 Å². The number of hydrogen-bond acceptors (Lipinski definition) is 2. The first-order valence-corrected chi connectivity index (χ1v) is 7.81. The van der Waals surface area contributed by atoms with Crippen molar-refractivity contribution in [3.8, 4) is 0 Å². The quantitative estimate of drug-likeness (QED) is 0.904. The van der Waals surface area contributed by atoms with Crippen LogP contribution >= 0.6 is 0 Å². The van der Waals surface area contributed by atoms with Gasteiger partial charge in [-0.3, -0.25) is 4.79 Å². The zero-order valence-corrected chi connectivity index (χ0v) is 14.1. The summed E-state index contributed by atoms with van der Waals surface area (Å²) in [5.74, 6) is 1.25. The third-order valence-electron chi connectivity index (χ3n) is 3.63. The van der Waals surface area contributed by atoms with Crippen molar-refractivity contribution in [3.63, 3.8) is 0 Å². The van der Waals surface area contributed by atoms with Crippen molar-refractivity contribution < 1.29 is 4.79 Å². The van der Waals surface area contributed by atoms with E-state index in [0.717, 1.165) is 17.1 Å². The number of nitrogens with one attached hydrogen (secondary N) is 1. The van der Waals surface area contributed by atoms with E-state index in [1.807, 2.05) is 43.7 Å². The van der Waals surface area contributed by atoms with Crippen LogP contribution in [0.4, 0.5) is 5.82 Å². The minimum atomic E-state index is -0.0147. The summed E-state index contributed by atoms with van der Waals surface area (Å²) in [6.07, 6.45) is 0.376. The third-order valence-corrected chi connectivity index (χ3v) is 3.63. The smallest absolute Gasteiger partial charge is 0.229 e. The van der Waals surface area contributed by atoms with Crippen molar-refractivity contribution in [2.45, 2.75) is 53.0 Å². The molecule has 0 aliphatic rings. The van der Waals surface area contributed by atoms with Gasteiger partial charge in [-0.25, -0.2) is 4.68 Å². The van der Waals surface area contributed by atoms with Crippen LogP contribution in [0.15, 0.2) is 30.3 Å². The SMILES string of the molecule is Cc1cc(NC(=O)Cc2ccc(C(C)C)cc2)n(C(C)C)n1. The van der Waals surface area contributed by atoms with E-state index in [4.69, 9.17) is 0 Å². The number of hydrogen-bond donors (Lipinski definition) is 1. The van der Waals surface area contributed by atoms with Crippen molar-refractivity contribution in [2.24, 2.45) is 0 Å². The van der Waals surface area contributed by atoms with E-state index >= 15 is 0 Å². The maximum atomic E-state index is 12.2. The monoisotopic (exact) mass is 299 g/mol. The van der Waals surface area contributed by atoms with E-state index < -0.39 is 0 Å². The van der Waals surface area contributed by atoms with Gasteiger partial charge >= 0.3 is 0 Å². The van der Waals surface area contributed by atoms with Crippen LogP contribution in [-0.4, -0.2) is 15.7 Å². The summed E-state index contributed by atoms with van der Waals surface area (Å²) in [6, 6.07) is 10.4. The first kappa shape index (κ1) is 16.3. The average molecular weight is 299 g/mol. The van der Waals surface area contributed by atoms with Crippen molar-refractivity contribution in [1.82, 2.24) is 9.78 Å². The number of benzene rings is 1. The number of amides is 1. The first-order chi connectivity index (χ1) is 10.4. The Bertz CT molecular complexity index is 639. The molecule has 4 heteroatoms. The van der Waals surface area contributed by atoms with Crippen LogP contribution in [0.25, 0.3) is 0 Å². The molecule has 0 radical (unpaired) electrons. The lowest BCUT2D eigenvalue weighted by atomic mass is 10.0. The molecule has 1 N–H and O–H groups in total. The third kappa shape index (κ3) is 3.97. The van der Waals surface area contributed by atoms with Crippen LogP contribution < -0.4 is 5.32 Å². The summed E-state index contributed by atoms with van der Waals surface area (Å²) in [5, 5.41) is 7.36. The molecule has 1 aromatic heterocycles. The summed E-state index contributed by atoms with van der Waals surface area (Å²) < 4.78 is 1.84. The molecule has 118 valence electrons. The maximum Gasteiger partial charge on any atom is 0.229 e. The van der Waals surface area contributed by atoms with Gasteiger partial charge in [0.25, 0.3) is 0 Å². The Balaban J connectivity index is 2.04. The molecule has 1 aromatic carbocycles. The average Bonchev–Trinajstić information content (AvgIpc) is 2.80. The molecule has 0 bridgehead atoms. The summed E-state index contributed by atoms with van der Waals surface area (Å²) in [4.78, 5) is 12.2. The second kappa shape index (κ2) is 6.77. The molecular formula is C18H25N3O. The van der Waals surface area contributed by atoms with Crippen molar-refractivity contribution in [2.75, 3.05) is 5.32 Å². The van der Waals surface area contributed by atoms with E-state index in [1.165, 1.54) is 5.56 Å². The van der Waals surface area contributed by atoms with Crippen molar-refractivity contribution in [1.29, 1.82) is 0 Å². The molecule has 4 nitrogen and oxygen atoms in total. The predicted molar refractivity (Wildman–Crippen MR) is 90.2 cm³/mol. The van der Waals surface area contributed by atoms with Crippen LogP contribution in [0.3, 0.4) is 0 Å². The van der Waals surface area contributed by atoms with Gasteiger partial charge in [0.1, 0.15) is 5.82 Å². The lowest BCUT2D eigenvalue weighted by Gasteiger charge is -2.12. The summed E-state index contributed by atoms with van der Waals surface area (Å²) in [6.45, 7) is 10.4. The van der Waals surface area contributed by atoms with Gasteiger partial charge in [0, 0.05) is 12.1 Å².